The zero-order valence-corrected chi connectivity index (χ0v) is 20.1. The number of hydrogen-bond donors (Lipinski definition) is 2. The summed E-state index contributed by atoms with van der Waals surface area (Å²) in [6, 6.07) is 16.3. The van der Waals surface area contributed by atoms with Crippen LogP contribution in [0.3, 0.4) is 0 Å². The van der Waals surface area contributed by atoms with Crippen LogP contribution in [0.1, 0.15) is 36.8 Å². The molecule has 0 fully saturated rings. The first-order chi connectivity index (χ1) is 16.2. The van der Waals surface area contributed by atoms with Gasteiger partial charge in [0.2, 0.25) is 0 Å². The summed E-state index contributed by atoms with van der Waals surface area (Å²) in [5.41, 5.74) is 3.32. The van der Waals surface area contributed by atoms with Crippen molar-refractivity contribution in [2.45, 2.75) is 38.6 Å². The third-order valence-corrected chi connectivity index (χ3v) is 5.80. The second-order valence-electron chi connectivity index (χ2n) is 7.78. The van der Waals surface area contributed by atoms with Gasteiger partial charge in [-0.3, -0.25) is 9.55 Å². The number of unbranched alkanes of at least 4 members (excludes halogenated alkanes) is 2. The predicted octanol–water partition coefficient (Wildman–Crippen LogP) is 4.91. The number of benzene rings is 2. The molecule has 0 saturated carbocycles. The normalized spacial score (nSPS) is 12.1. The van der Waals surface area contributed by atoms with Gasteiger partial charge in [0.05, 0.1) is 25.8 Å². The van der Waals surface area contributed by atoms with Crippen LogP contribution in [-0.2, 0) is 22.1 Å². The zero-order chi connectivity index (χ0) is 23.3. The van der Waals surface area contributed by atoms with Crippen LogP contribution < -0.4 is 14.8 Å². The lowest BCUT2D eigenvalue weighted by molar-refractivity contribution is 0.276. The minimum Gasteiger partial charge on any atom is -0.497 e. The molecular formula is C25H33N2O5P. The molecule has 1 aromatic heterocycles. The van der Waals surface area contributed by atoms with Crippen molar-refractivity contribution in [3.63, 3.8) is 0 Å². The van der Waals surface area contributed by atoms with E-state index in [1.807, 2.05) is 36.4 Å². The molecular weight excluding hydrogens is 439 g/mol. The molecule has 3 rings (SSSR count). The summed E-state index contributed by atoms with van der Waals surface area (Å²) in [5.74, 6) is 1.76. The Bertz CT molecular complexity index is 1030. The average molecular weight is 473 g/mol. The number of ether oxygens (including phenoxy) is 2. The SMILES string of the molecule is COc1cccc(CCCCCOc2ccc(CNCCCO[PH](=O)O)c3ncccc23)c1. The topological polar surface area (TPSA) is 89.9 Å². The van der Waals surface area contributed by atoms with Gasteiger partial charge in [0, 0.05) is 18.1 Å². The number of nitrogens with one attached hydrogen (secondary N) is 1. The molecule has 0 bridgehead atoms. The van der Waals surface area contributed by atoms with Crippen LogP contribution in [0.4, 0.5) is 0 Å². The van der Waals surface area contributed by atoms with E-state index in [1.54, 1.807) is 13.3 Å². The summed E-state index contributed by atoms with van der Waals surface area (Å²) in [6.07, 6.45) is 6.71. The van der Waals surface area contributed by atoms with Gasteiger partial charge in [-0.15, -0.1) is 0 Å². The van der Waals surface area contributed by atoms with Crippen LogP contribution in [0.25, 0.3) is 10.9 Å². The third-order valence-electron chi connectivity index (χ3n) is 5.35. The summed E-state index contributed by atoms with van der Waals surface area (Å²) in [5, 5.41) is 4.34. The first kappa shape index (κ1) is 25.2. The first-order valence-electron chi connectivity index (χ1n) is 11.4. The van der Waals surface area contributed by atoms with Gasteiger partial charge in [-0.25, -0.2) is 0 Å². The number of pyridine rings is 1. The van der Waals surface area contributed by atoms with Crippen LogP contribution in [0, 0.1) is 0 Å². The number of hydrogen-bond acceptors (Lipinski definition) is 6. The first-order valence-corrected chi connectivity index (χ1v) is 12.6. The Balaban J connectivity index is 1.44. The molecule has 7 nitrogen and oxygen atoms in total. The fraction of sp³-hybridized carbons (Fsp3) is 0.400. The summed E-state index contributed by atoms with van der Waals surface area (Å²) in [4.78, 5) is 13.2. The summed E-state index contributed by atoms with van der Waals surface area (Å²) in [6.45, 7) is 2.30. The third kappa shape index (κ3) is 8.45. The summed E-state index contributed by atoms with van der Waals surface area (Å²) in [7, 11) is -1.15. The molecule has 0 amide bonds. The lowest BCUT2D eigenvalue weighted by Gasteiger charge is -2.13. The molecule has 0 radical (unpaired) electrons. The van der Waals surface area contributed by atoms with Gasteiger partial charge in [-0.2, -0.15) is 0 Å². The molecule has 178 valence electrons. The standard InChI is InChI=1S/C25H33N2O5P/c1-30-22-10-5-9-20(18-22)8-3-2-4-16-31-24-13-12-21(25-23(24)11-6-15-27-25)19-26-14-7-17-32-33(28)29/h5-6,9-13,15,18,26,33H,2-4,7-8,14,16-17,19H2,1H3,(H,28,29). The highest BCUT2D eigenvalue weighted by Gasteiger charge is 2.08. The number of rotatable bonds is 15. The van der Waals surface area contributed by atoms with Crippen LogP contribution >= 0.6 is 8.25 Å². The maximum Gasteiger partial charge on any atom is 0.316 e. The minimum absolute atomic E-state index is 0.270. The predicted molar refractivity (Wildman–Crippen MR) is 131 cm³/mol. The molecule has 0 aliphatic carbocycles. The average Bonchev–Trinajstić information content (AvgIpc) is 2.84. The van der Waals surface area contributed by atoms with E-state index in [-0.39, 0.29) is 6.61 Å². The Labute approximate surface area is 196 Å². The summed E-state index contributed by atoms with van der Waals surface area (Å²) >= 11 is 0. The number of fused-ring (bicyclic) bond motifs is 1. The lowest BCUT2D eigenvalue weighted by atomic mass is 10.1. The van der Waals surface area contributed by atoms with Gasteiger partial charge in [-0.1, -0.05) is 18.2 Å². The lowest BCUT2D eigenvalue weighted by Crippen LogP contribution is -2.16. The van der Waals surface area contributed by atoms with E-state index in [4.69, 9.17) is 18.9 Å². The molecule has 0 aliphatic rings. The van der Waals surface area contributed by atoms with Crippen molar-refractivity contribution in [1.82, 2.24) is 10.3 Å². The monoisotopic (exact) mass is 472 g/mol. The maximum absolute atomic E-state index is 10.6. The number of aryl methyl sites for hydroxylation is 1. The second-order valence-corrected chi connectivity index (χ2v) is 8.60. The zero-order valence-electron chi connectivity index (χ0n) is 19.1. The van der Waals surface area contributed by atoms with Crippen molar-refractivity contribution in [3.8, 4) is 11.5 Å². The molecule has 0 aliphatic heterocycles. The van der Waals surface area contributed by atoms with Gasteiger partial charge in [0.25, 0.3) is 0 Å². The van der Waals surface area contributed by atoms with E-state index in [0.29, 0.717) is 26.1 Å². The fourth-order valence-corrected chi connectivity index (χ4v) is 3.99. The highest BCUT2D eigenvalue weighted by atomic mass is 31.1. The van der Waals surface area contributed by atoms with Crippen molar-refractivity contribution < 1.29 is 23.5 Å². The van der Waals surface area contributed by atoms with Crippen molar-refractivity contribution in [1.29, 1.82) is 0 Å². The molecule has 1 atom stereocenters. The molecule has 2 N–H and O–H groups in total. The van der Waals surface area contributed by atoms with Crippen molar-refractivity contribution >= 4 is 19.2 Å². The highest BCUT2D eigenvalue weighted by molar-refractivity contribution is 7.32. The molecule has 0 saturated heterocycles. The van der Waals surface area contributed by atoms with Crippen LogP contribution in [0.2, 0.25) is 0 Å². The van der Waals surface area contributed by atoms with E-state index in [2.05, 4.69) is 22.4 Å². The van der Waals surface area contributed by atoms with Gasteiger partial charge in [-0.05, 0) is 80.1 Å². The Morgan fingerprint density at radius 3 is 2.79 bits per heavy atom. The van der Waals surface area contributed by atoms with E-state index < -0.39 is 8.25 Å². The van der Waals surface area contributed by atoms with Gasteiger partial charge in [0.1, 0.15) is 11.5 Å². The molecule has 2 aromatic carbocycles. The van der Waals surface area contributed by atoms with Gasteiger partial charge >= 0.3 is 8.25 Å². The molecule has 3 aromatic rings. The largest absolute Gasteiger partial charge is 0.497 e. The van der Waals surface area contributed by atoms with E-state index in [1.165, 1.54) is 5.56 Å². The number of nitrogens with zero attached hydrogens (tertiary/aromatic N) is 1. The molecule has 8 heteroatoms. The molecule has 1 heterocycles. The maximum atomic E-state index is 10.6. The molecule has 0 spiro atoms. The summed E-state index contributed by atoms with van der Waals surface area (Å²) < 4.78 is 26.6. The quantitative estimate of drug-likeness (QED) is 0.240. The number of aromatic nitrogens is 1. The number of methoxy groups -OCH3 is 1. The second kappa shape index (κ2) is 14.0. The van der Waals surface area contributed by atoms with Crippen LogP contribution in [0.5, 0.6) is 11.5 Å². The highest BCUT2D eigenvalue weighted by Crippen LogP contribution is 2.27. The van der Waals surface area contributed by atoms with Crippen LogP contribution in [-0.4, -0.2) is 36.7 Å². The Hall–Kier alpha value is -2.44. The van der Waals surface area contributed by atoms with E-state index in [9.17, 15) is 4.57 Å². The molecule has 1 unspecified atom stereocenters. The smallest absolute Gasteiger partial charge is 0.316 e. The Morgan fingerprint density at radius 1 is 1.03 bits per heavy atom. The van der Waals surface area contributed by atoms with Crippen molar-refractivity contribution in [3.05, 3.63) is 65.9 Å². The van der Waals surface area contributed by atoms with E-state index >= 15 is 0 Å². The fourth-order valence-electron chi connectivity index (χ4n) is 3.67. The van der Waals surface area contributed by atoms with Gasteiger partial charge < -0.3 is 24.2 Å². The van der Waals surface area contributed by atoms with Gasteiger partial charge in [0.15, 0.2) is 0 Å². The van der Waals surface area contributed by atoms with E-state index in [0.717, 1.165) is 53.6 Å². The molecule has 33 heavy (non-hydrogen) atoms. The Kier molecular flexibility index (Phi) is 10.7. The van der Waals surface area contributed by atoms with Crippen molar-refractivity contribution in [2.75, 3.05) is 26.9 Å². The minimum atomic E-state index is -2.84. The van der Waals surface area contributed by atoms with Crippen molar-refractivity contribution in [2.24, 2.45) is 0 Å². The van der Waals surface area contributed by atoms with Crippen LogP contribution in [0.15, 0.2) is 54.7 Å². The Morgan fingerprint density at radius 2 is 1.94 bits per heavy atom.